The molecule has 0 heterocycles. The second-order valence-electron chi connectivity index (χ2n) is 5.56. The van der Waals surface area contributed by atoms with E-state index in [4.69, 9.17) is 0 Å². The normalized spacial score (nSPS) is 17.6. The van der Waals surface area contributed by atoms with Gasteiger partial charge in [-0.1, -0.05) is 46.3 Å². The highest BCUT2D eigenvalue weighted by Crippen LogP contribution is 2.30. The van der Waals surface area contributed by atoms with Crippen molar-refractivity contribution in [3.05, 3.63) is 69.2 Å². The summed E-state index contributed by atoms with van der Waals surface area (Å²) in [6, 6.07) is 14.4. The zero-order valence-electron chi connectivity index (χ0n) is 11.5. The summed E-state index contributed by atoms with van der Waals surface area (Å²) in [4.78, 5) is 12.7. The third kappa shape index (κ3) is 2.57. The third-order valence-electron chi connectivity index (χ3n) is 4.11. The molecule has 2 aromatic rings. The molecule has 1 aliphatic carbocycles. The molecule has 3 rings (SSSR count). The van der Waals surface area contributed by atoms with Gasteiger partial charge in [0.15, 0.2) is 5.78 Å². The van der Waals surface area contributed by atoms with Crippen molar-refractivity contribution in [2.75, 3.05) is 0 Å². The predicted octanol–water partition coefficient (Wildman–Crippen LogP) is 4.75. The zero-order valence-corrected chi connectivity index (χ0v) is 13.1. The molecule has 1 aliphatic rings. The molecule has 102 valence electrons. The second-order valence-corrected chi connectivity index (χ2v) is 6.41. The molecule has 1 unspecified atom stereocenters. The van der Waals surface area contributed by atoms with Crippen molar-refractivity contribution in [1.29, 1.82) is 0 Å². The molecule has 0 radical (unpaired) electrons. The Bertz CT molecular complexity index is 660. The van der Waals surface area contributed by atoms with E-state index in [0.29, 0.717) is 0 Å². The van der Waals surface area contributed by atoms with Crippen LogP contribution in [0.3, 0.4) is 0 Å². The number of fused-ring (bicyclic) bond motifs is 1. The van der Waals surface area contributed by atoms with Gasteiger partial charge >= 0.3 is 0 Å². The van der Waals surface area contributed by atoms with Crippen LogP contribution in [0, 0.1) is 12.8 Å². The largest absolute Gasteiger partial charge is 0.294 e. The fourth-order valence-electron chi connectivity index (χ4n) is 2.96. The fraction of sp³-hybridized carbons (Fsp3) is 0.278. The summed E-state index contributed by atoms with van der Waals surface area (Å²) in [5.41, 5.74) is 4.72. The van der Waals surface area contributed by atoms with Crippen molar-refractivity contribution in [2.45, 2.75) is 26.2 Å². The summed E-state index contributed by atoms with van der Waals surface area (Å²) in [6.45, 7) is 2.04. The van der Waals surface area contributed by atoms with Crippen LogP contribution in [0.15, 0.2) is 46.9 Å². The Morgan fingerprint density at radius 2 is 1.90 bits per heavy atom. The van der Waals surface area contributed by atoms with Crippen LogP contribution in [-0.2, 0) is 12.8 Å². The first-order chi connectivity index (χ1) is 9.65. The lowest BCUT2D eigenvalue weighted by atomic mass is 9.80. The Labute approximate surface area is 128 Å². The molecule has 20 heavy (non-hydrogen) atoms. The minimum absolute atomic E-state index is 0.115. The Kier molecular flexibility index (Phi) is 3.75. The van der Waals surface area contributed by atoms with Gasteiger partial charge in [0.2, 0.25) is 0 Å². The van der Waals surface area contributed by atoms with Gasteiger partial charge in [0.1, 0.15) is 0 Å². The maximum Gasteiger partial charge on any atom is 0.167 e. The molecule has 0 bridgehead atoms. The molecule has 0 fully saturated rings. The van der Waals surface area contributed by atoms with E-state index in [-0.39, 0.29) is 11.7 Å². The topological polar surface area (TPSA) is 17.1 Å². The molecule has 0 aromatic heterocycles. The lowest BCUT2D eigenvalue weighted by Crippen LogP contribution is -2.23. The molecule has 1 nitrogen and oxygen atoms in total. The van der Waals surface area contributed by atoms with Crippen LogP contribution < -0.4 is 0 Å². The molecule has 1 atom stereocenters. The van der Waals surface area contributed by atoms with E-state index in [1.807, 2.05) is 25.1 Å². The first kappa shape index (κ1) is 13.6. The Hall–Kier alpha value is -1.41. The van der Waals surface area contributed by atoms with Gasteiger partial charge < -0.3 is 0 Å². The van der Waals surface area contributed by atoms with Crippen molar-refractivity contribution in [3.63, 3.8) is 0 Å². The number of carbonyl (C=O) groups is 1. The minimum atomic E-state index is 0.115. The van der Waals surface area contributed by atoms with E-state index < -0.39 is 0 Å². The predicted molar refractivity (Wildman–Crippen MR) is 85.2 cm³/mol. The van der Waals surface area contributed by atoms with Gasteiger partial charge in [0, 0.05) is 16.0 Å². The SMILES string of the molecule is Cc1ccc(C(=O)C2CCc3ccccc3C2)c(Br)c1. The fourth-order valence-corrected chi connectivity index (χ4v) is 3.65. The highest BCUT2D eigenvalue weighted by Gasteiger charge is 2.26. The average Bonchev–Trinajstić information content (AvgIpc) is 2.46. The molecule has 2 aromatic carbocycles. The molecule has 0 spiro atoms. The van der Waals surface area contributed by atoms with Crippen LogP contribution in [-0.4, -0.2) is 5.78 Å². The van der Waals surface area contributed by atoms with E-state index in [1.54, 1.807) is 0 Å². The summed E-state index contributed by atoms with van der Waals surface area (Å²) in [7, 11) is 0. The number of hydrogen-bond acceptors (Lipinski definition) is 1. The smallest absolute Gasteiger partial charge is 0.167 e. The molecular weight excluding hydrogens is 312 g/mol. The number of benzene rings is 2. The molecule has 0 saturated heterocycles. The van der Waals surface area contributed by atoms with Crippen molar-refractivity contribution >= 4 is 21.7 Å². The summed E-state index contributed by atoms with van der Waals surface area (Å²) in [5.74, 6) is 0.385. The van der Waals surface area contributed by atoms with E-state index in [2.05, 4.69) is 40.2 Å². The molecule has 2 heteroatoms. The number of aryl methyl sites for hydroxylation is 2. The second kappa shape index (κ2) is 5.53. The van der Waals surface area contributed by atoms with E-state index in [9.17, 15) is 4.79 Å². The van der Waals surface area contributed by atoms with Crippen LogP contribution in [0.2, 0.25) is 0 Å². The van der Waals surface area contributed by atoms with Crippen molar-refractivity contribution < 1.29 is 4.79 Å². The maximum atomic E-state index is 12.7. The van der Waals surface area contributed by atoms with E-state index >= 15 is 0 Å². The molecule has 0 amide bonds. The first-order valence-electron chi connectivity index (χ1n) is 7.02. The molecule has 0 saturated carbocycles. The van der Waals surface area contributed by atoms with Crippen molar-refractivity contribution in [3.8, 4) is 0 Å². The highest BCUT2D eigenvalue weighted by atomic mass is 79.9. The van der Waals surface area contributed by atoms with Gasteiger partial charge in [-0.05, 0) is 55.0 Å². The highest BCUT2D eigenvalue weighted by molar-refractivity contribution is 9.10. The summed E-state index contributed by atoms with van der Waals surface area (Å²) < 4.78 is 0.918. The Balaban J connectivity index is 1.86. The van der Waals surface area contributed by atoms with Crippen molar-refractivity contribution in [1.82, 2.24) is 0 Å². The third-order valence-corrected chi connectivity index (χ3v) is 4.76. The van der Waals surface area contributed by atoms with Crippen LogP contribution in [0.1, 0.15) is 33.5 Å². The first-order valence-corrected chi connectivity index (χ1v) is 7.81. The van der Waals surface area contributed by atoms with E-state index in [1.165, 1.54) is 16.7 Å². The van der Waals surface area contributed by atoms with Crippen LogP contribution in [0.4, 0.5) is 0 Å². The van der Waals surface area contributed by atoms with Gasteiger partial charge in [-0.3, -0.25) is 4.79 Å². The standard InChI is InChI=1S/C18H17BrO/c1-12-6-9-16(17(19)10-12)18(20)15-8-7-13-4-2-3-5-14(13)11-15/h2-6,9-10,15H,7-8,11H2,1H3. The van der Waals surface area contributed by atoms with Gasteiger partial charge in [-0.15, -0.1) is 0 Å². The summed E-state index contributed by atoms with van der Waals surface area (Å²) >= 11 is 3.53. The lowest BCUT2D eigenvalue weighted by Gasteiger charge is -2.24. The quantitative estimate of drug-likeness (QED) is 0.727. The van der Waals surface area contributed by atoms with Gasteiger partial charge in [0.25, 0.3) is 0 Å². The molecule has 0 N–H and O–H groups in total. The Morgan fingerprint density at radius 3 is 2.65 bits per heavy atom. The minimum Gasteiger partial charge on any atom is -0.294 e. The monoisotopic (exact) mass is 328 g/mol. The number of carbonyl (C=O) groups excluding carboxylic acids is 1. The van der Waals surface area contributed by atoms with Gasteiger partial charge in [0.05, 0.1) is 0 Å². The number of halogens is 1. The van der Waals surface area contributed by atoms with Gasteiger partial charge in [-0.25, -0.2) is 0 Å². The van der Waals surface area contributed by atoms with Crippen molar-refractivity contribution in [2.24, 2.45) is 5.92 Å². The molecule has 0 aliphatic heterocycles. The summed E-state index contributed by atoms with van der Waals surface area (Å²) in [5, 5.41) is 0. The van der Waals surface area contributed by atoms with Crippen LogP contribution in [0.5, 0.6) is 0 Å². The van der Waals surface area contributed by atoms with E-state index in [0.717, 1.165) is 29.3 Å². The maximum absolute atomic E-state index is 12.7. The van der Waals surface area contributed by atoms with Gasteiger partial charge in [-0.2, -0.15) is 0 Å². The number of ketones is 1. The number of Topliss-reactive ketones (excluding diaryl/α,β-unsaturated/α-hetero) is 1. The lowest BCUT2D eigenvalue weighted by molar-refractivity contribution is 0.0908. The zero-order chi connectivity index (χ0) is 14.1. The summed E-state index contributed by atoms with van der Waals surface area (Å²) in [6.07, 6.45) is 2.83. The molecular formula is C18H17BrO. The van der Waals surface area contributed by atoms with Crippen LogP contribution in [0.25, 0.3) is 0 Å². The van der Waals surface area contributed by atoms with Crippen LogP contribution >= 0.6 is 15.9 Å². The Morgan fingerprint density at radius 1 is 1.15 bits per heavy atom. The number of rotatable bonds is 2. The average molecular weight is 329 g/mol. The number of hydrogen-bond donors (Lipinski definition) is 0.